The molecule has 2 aliphatic heterocycles. The van der Waals surface area contributed by atoms with Gasteiger partial charge in [0.15, 0.2) is 5.78 Å². The Hall–Kier alpha value is -2.46. The van der Waals surface area contributed by atoms with Crippen LogP contribution in [0, 0.1) is 0 Å². The van der Waals surface area contributed by atoms with Crippen LogP contribution in [-0.4, -0.2) is 41.9 Å². The number of amides is 1. The normalized spacial score (nSPS) is 18.4. The van der Waals surface area contributed by atoms with Gasteiger partial charge in [-0.15, -0.1) is 0 Å². The fourth-order valence-corrected chi connectivity index (χ4v) is 3.92. The van der Waals surface area contributed by atoms with Crippen molar-refractivity contribution < 1.29 is 14.3 Å². The summed E-state index contributed by atoms with van der Waals surface area (Å²) in [5, 5.41) is 0. The zero-order valence-electron chi connectivity index (χ0n) is 15.0. The van der Waals surface area contributed by atoms with E-state index in [9.17, 15) is 9.59 Å². The zero-order chi connectivity index (χ0) is 18.1. The second-order valence-electron chi connectivity index (χ2n) is 7.25. The number of carbonyl (C=O) groups excluding carboxylic acids is 2. The van der Waals surface area contributed by atoms with Gasteiger partial charge < -0.3 is 9.64 Å². The Bertz CT molecular complexity index is 827. The smallest absolute Gasteiger partial charge is 0.253 e. The van der Waals surface area contributed by atoms with Gasteiger partial charge in [-0.25, -0.2) is 0 Å². The van der Waals surface area contributed by atoms with Crippen LogP contribution in [0.25, 0.3) is 11.1 Å². The van der Waals surface area contributed by atoms with Gasteiger partial charge in [-0.2, -0.15) is 0 Å². The lowest BCUT2D eigenvalue weighted by Gasteiger charge is -2.47. The summed E-state index contributed by atoms with van der Waals surface area (Å²) in [5.41, 5.74) is 3.30. The summed E-state index contributed by atoms with van der Waals surface area (Å²) in [7, 11) is 0. The van der Waals surface area contributed by atoms with Crippen molar-refractivity contribution in [3.8, 4) is 11.1 Å². The van der Waals surface area contributed by atoms with Crippen molar-refractivity contribution in [2.75, 3.05) is 19.7 Å². The van der Waals surface area contributed by atoms with Gasteiger partial charge in [0.05, 0.1) is 12.2 Å². The lowest BCUT2D eigenvalue weighted by molar-refractivity contribution is -0.169. The summed E-state index contributed by atoms with van der Waals surface area (Å²) >= 11 is 0. The maximum Gasteiger partial charge on any atom is 0.253 e. The van der Waals surface area contributed by atoms with Gasteiger partial charge in [-0.3, -0.25) is 9.59 Å². The van der Waals surface area contributed by atoms with Crippen molar-refractivity contribution in [3.05, 3.63) is 59.7 Å². The molecular weight excluding hydrogens is 326 g/mol. The molecule has 134 valence electrons. The van der Waals surface area contributed by atoms with E-state index in [1.807, 2.05) is 53.4 Å². The van der Waals surface area contributed by atoms with E-state index in [-0.39, 0.29) is 17.3 Å². The number of ether oxygens (including phenoxy) is 1. The summed E-state index contributed by atoms with van der Waals surface area (Å²) in [6.45, 7) is 3.95. The van der Waals surface area contributed by atoms with Crippen molar-refractivity contribution in [1.29, 1.82) is 0 Å². The van der Waals surface area contributed by atoms with Crippen molar-refractivity contribution in [3.63, 3.8) is 0 Å². The Morgan fingerprint density at radius 3 is 2.19 bits per heavy atom. The minimum Gasteiger partial charge on any atom is -0.375 e. The molecule has 2 aromatic carbocycles. The first-order chi connectivity index (χ1) is 12.6. The molecular formula is C22H23NO3. The number of nitrogens with zero attached hydrogens (tertiary/aromatic N) is 1. The summed E-state index contributed by atoms with van der Waals surface area (Å²) in [4.78, 5) is 26.5. The van der Waals surface area contributed by atoms with Crippen molar-refractivity contribution in [1.82, 2.24) is 4.90 Å². The third kappa shape index (κ3) is 3.06. The first-order valence-electron chi connectivity index (χ1n) is 9.22. The highest BCUT2D eigenvalue weighted by molar-refractivity contribution is 6.01. The fourth-order valence-electron chi connectivity index (χ4n) is 3.92. The maximum absolute atomic E-state index is 12.8. The first-order valence-corrected chi connectivity index (χ1v) is 9.22. The lowest BCUT2D eigenvalue weighted by atomic mass is 9.84. The van der Waals surface area contributed by atoms with E-state index in [1.165, 1.54) is 0 Å². The van der Waals surface area contributed by atoms with Gasteiger partial charge in [0.2, 0.25) is 0 Å². The second-order valence-corrected chi connectivity index (χ2v) is 7.25. The maximum atomic E-state index is 12.8. The molecule has 2 heterocycles. The molecule has 0 unspecified atom stereocenters. The molecule has 0 radical (unpaired) electrons. The number of hydrogen-bond donors (Lipinski definition) is 0. The molecule has 2 aromatic rings. The highest BCUT2D eigenvalue weighted by Gasteiger charge is 2.41. The number of piperidine rings is 1. The first kappa shape index (κ1) is 17.0. The molecule has 0 N–H and O–H groups in total. The zero-order valence-corrected chi connectivity index (χ0v) is 15.0. The van der Waals surface area contributed by atoms with Gasteiger partial charge in [0.1, 0.15) is 0 Å². The molecule has 4 heteroatoms. The summed E-state index contributed by atoms with van der Waals surface area (Å²) in [6.07, 6.45) is 2.99. The predicted octanol–water partition coefficient (Wildman–Crippen LogP) is 3.95. The van der Waals surface area contributed by atoms with Crippen LogP contribution in [0.4, 0.5) is 0 Å². The largest absolute Gasteiger partial charge is 0.375 e. The van der Waals surface area contributed by atoms with Crippen LogP contribution in [0.3, 0.4) is 0 Å². The Balaban J connectivity index is 1.49. The monoisotopic (exact) mass is 349 g/mol. The summed E-state index contributed by atoms with van der Waals surface area (Å²) in [6, 6.07) is 15.1. The van der Waals surface area contributed by atoms with Crippen LogP contribution >= 0.6 is 0 Å². The standard InChI is InChI=1S/C22H23NO3/c1-16(24)19-4-2-3-5-20(19)17-6-8-18(9-7-17)21(25)23-13-10-22(11-14-23)12-15-26-22/h2-9H,10-15H2,1H3. The number of carbonyl (C=O) groups is 2. The Labute approximate surface area is 153 Å². The van der Waals surface area contributed by atoms with E-state index in [2.05, 4.69) is 0 Å². The number of benzene rings is 2. The average Bonchev–Trinajstić information content (AvgIpc) is 2.66. The predicted molar refractivity (Wildman–Crippen MR) is 100 cm³/mol. The van der Waals surface area contributed by atoms with Crippen LogP contribution in [0.15, 0.2) is 48.5 Å². The molecule has 0 saturated carbocycles. The SMILES string of the molecule is CC(=O)c1ccccc1-c1ccc(C(=O)N2CCC3(CCO3)CC2)cc1. The lowest BCUT2D eigenvalue weighted by Crippen LogP contribution is -2.53. The van der Waals surface area contributed by atoms with Crippen LogP contribution in [0.1, 0.15) is 46.9 Å². The number of Topliss-reactive ketones (excluding diaryl/α,β-unsaturated/α-hetero) is 1. The quantitative estimate of drug-likeness (QED) is 0.788. The molecule has 0 bridgehead atoms. The fraction of sp³-hybridized carbons (Fsp3) is 0.364. The average molecular weight is 349 g/mol. The van der Waals surface area contributed by atoms with E-state index < -0.39 is 0 Å². The highest BCUT2D eigenvalue weighted by Crippen LogP contribution is 2.37. The molecule has 2 fully saturated rings. The van der Waals surface area contributed by atoms with Gasteiger partial charge >= 0.3 is 0 Å². The molecule has 2 saturated heterocycles. The van der Waals surface area contributed by atoms with Crippen LogP contribution < -0.4 is 0 Å². The number of hydrogen-bond acceptors (Lipinski definition) is 3. The molecule has 4 nitrogen and oxygen atoms in total. The van der Waals surface area contributed by atoms with E-state index in [4.69, 9.17) is 4.74 Å². The molecule has 1 amide bonds. The van der Waals surface area contributed by atoms with Gasteiger partial charge in [0.25, 0.3) is 5.91 Å². The molecule has 0 atom stereocenters. The molecule has 0 aromatic heterocycles. The molecule has 0 aliphatic carbocycles. The molecule has 26 heavy (non-hydrogen) atoms. The summed E-state index contributed by atoms with van der Waals surface area (Å²) < 4.78 is 5.72. The minimum absolute atomic E-state index is 0.0428. The van der Waals surface area contributed by atoms with Gasteiger partial charge in [-0.05, 0) is 49.4 Å². The van der Waals surface area contributed by atoms with E-state index >= 15 is 0 Å². The Morgan fingerprint density at radius 1 is 0.962 bits per heavy atom. The summed E-state index contributed by atoms with van der Waals surface area (Å²) in [5.74, 6) is 0.117. The number of likely N-dealkylation sites (tertiary alicyclic amines) is 1. The number of ketones is 1. The Morgan fingerprint density at radius 2 is 1.62 bits per heavy atom. The van der Waals surface area contributed by atoms with Crippen LogP contribution in [-0.2, 0) is 4.74 Å². The highest BCUT2D eigenvalue weighted by atomic mass is 16.5. The molecule has 1 spiro atoms. The van der Waals surface area contributed by atoms with E-state index in [0.717, 1.165) is 50.1 Å². The van der Waals surface area contributed by atoms with Crippen LogP contribution in [0.5, 0.6) is 0 Å². The van der Waals surface area contributed by atoms with Crippen molar-refractivity contribution in [2.24, 2.45) is 0 Å². The van der Waals surface area contributed by atoms with E-state index in [0.29, 0.717) is 11.1 Å². The van der Waals surface area contributed by atoms with Gasteiger partial charge in [-0.1, -0.05) is 36.4 Å². The minimum atomic E-state index is 0.0428. The third-order valence-electron chi connectivity index (χ3n) is 5.68. The van der Waals surface area contributed by atoms with E-state index in [1.54, 1.807) is 6.92 Å². The third-order valence-corrected chi connectivity index (χ3v) is 5.68. The topological polar surface area (TPSA) is 46.6 Å². The van der Waals surface area contributed by atoms with Gasteiger partial charge in [0, 0.05) is 24.2 Å². The molecule has 4 rings (SSSR count). The van der Waals surface area contributed by atoms with Crippen molar-refractivity contribution in [2.45, 2.75) is 31.8 Å². The van der Waals surface area contributed by atoms with Crippen LogP contribution in [0.2, 0.25) is 0 Å². The Kier molecular flexibility index (Phi) is 4.37. The van der Waals surface area contributed by atoms with Crippen molar-refractivity contribution >= 4 is 11.7 Å². The second kappa shape index (κ2) is 6.69. The number of rotatable bonds is 3. The molecule has 2 aliphatic rings.